The van der Waals surface area contributed by atoms with Gasteiger partial charge in [0.1, 0.15) is 12.7 Å². The van der Waals surface area contributed by atoms with Crippen molar-refractivity contribution in [3.8, 4) is 0 Å². The topological polar surface area (TPSA) is 88.6 Å². The van der Waals surface area contributed by atoms with Crippen LogP contribution in [0.25, 0.3) is 0 Å². The third-order valence-electron chi connectivity index (χ3n) is 12.7. The zero-order valence-corrected chi connectivity index (χ0v) is 41.0. The van der Waals surface area contributed by atoms with Crippen molar-refractivity contribution in [2.45, 2.75) is 245 Å². The number of carbonyl (C=O) groups is 3. The Bertz CT molecular complexity index is 974. The molecule has 9 heteroatoms. The van der Waals surface area contributed by atoms with E-state index in [9.17, 15) is 14.4 Å². The van der Waals surface area contributed by atoms with E-state index < -0.39 is 0 Å². The van der Waals surface area contributed by atoms with Crippen molar-refractivity contribution in [3.05, 3.63) is 0 Å². The Morgan fingerprint density at radius 1 is 0.443 bits per heavy atom. The van der Waals surface area contributed by atoms with E-state index in [-0.39, 0.29) is 24.0 Å². The largest absolute Gasteiger partial charge is 0.466 e. The van der Waals surface area contributed by atoms with Gasteiger partial charge in [0.05, 0.1) is 13.0 Å². The molecular formula is C52H101N3O6. The van der Waals surface area contributed by atoms with Crippen molar-refractivity contribution in [1.82, 2.24) is 14.7 Å². The van der Waals surface area contributed by atoms with Crippen LogP contribution in [0.5, 0.6) is 0 Å². The predicted octanol–water partition coefficient (Wildman–Crippen LogP) is 12.9. The minimum atomic E-state index is -0.102. The number of ether oxygens (including phenoxy) is 3. The number of hydrogen-bond acceptors (Lipinski definition) is 9. The van der Waals surface area contributed by atoms with Crippen molar-refractivity contribution < 1.29 is 28.6 Å². The molecule has 0 bridgehead atoms. The molecule has 61 heavy (non-hydrogen) atoms. The second kappa shape index (κ2) is 43.5. The average Bonchev–Trinajstić information content (AvgIpc) is 3.25. The van der Waals surface area contributed by atoms with Crippen LogP contribution < -0.4 is 0 Å². The molecule has 360 valence electrons. The van der Waals surface area contributed by atoms with Crippen LogP contribution in [-0.2, 0) is 28.6 Å². The molecule has 1 fully saturated rings. The molecule has 1 rings (SSSR count). The molecular weight excluding hydrogens is 763 g/mol. The molecule has 9 nitrogen and oxygen atoms in total. The zero-order chi connectivity index (χ0) is 44.3. The summed E-state index contributed by atoms with van der Waals surface area (Å²) in [4.78, 5) is 44.9. The highest BCUT2D eigenvalue weighted by molar-refractivity contribution is 5.70. The fraction of sp³-hybridized carbons (Fsp3) is 0.942. The molecule has 0 amide bonds. The van der Waals surface area contributed by atoms with E-state index in [1.54, 1.807) is 0 Å². The summed E-state index contributed by atoms with van der Waals surface area (Å²) in [6.07, 6.45) is 38.4. The average molecular weight is 864 g/mol. The lowest BCUT2D eigenvalue weighted by Crippen LogP contribution is -2.45. The molecule has 0 aromatic rings. The normalized spacial score (nSPS) is 13.7. The maximum absolute atomic E-state index is 12.9. The lowest BCUT2D eigenvalue weighted by Gasteiger charge is -2.32. The fourth-order valence-corrected chi connectivity index (χ4v) is 8.42. The smallest absolute Gasteiger partial charge is 0.307 e. The van der Waals surface area contributed by atoms with Crippen LogP contribution in [0.2, 0.25) is 0 Å². The van der Waals surface area contributed by atoms with E-state index in [1.807, 2.05) is 0 Å². The third-order valence-corrected chi connectivity index (χ3v) is 12.7. The summed E-state index contributed by atoms with van der Waals surface area (Å²) in [7, 11) is 2.15. The summed E-state index contributed by atoms with van der Waals surface area (Å²) < 4.78 is 17.3. The van der Waals surface area contributed by atoms with Crippen LogP contribution in [0, 0.1) is 0 Å². The van der Waals surface area contributed by atoms with E-state index in [4.69, 9.17) is 14.2 Å². The SMILES string of the molecule is CCCCCCCCCCCOC(=O)CCCCCN(CCCCCCCC(=O)OC(CCCCCCCC)CCCCCCCC)CCOC(=O)CCN1CCN(C)CC1. The first kappa shape index (κ1) is 57.3. The van der Waals surface area contributed by atoms with Gasteiger partial charge in [0.15, 0.2) is 0 Å². The molecule has 0 saturated carbocycles. The Labute approximate surface area is 377 Å². The van der Waals surface area contributed by atoms with Crippen molar-refractivity contribution in [3.63, 3.8) is 0 Å². The van der Waals surface area contributed by atoms with E-state index in [0.717, 1.165) is 129 Å². The van der Waals surface area contributed by atoms with Crippen LogP contribution in [0.3, 0.4) is 0 Å². The second-order valence-corrected chi connectivity index (χ2v) is 18.6. The number of likely N-dealkylation sites (N-methyl/N-ethyl adjacent to an activating group) is 1. The minimum Gasteiger partial charge on any atom is -0.466 e. The monoisotopic (exact) mass is 864 g/mol. The van der Waals surface area contributed by atoms with E-state index in [1.165, 1.54) is 122 Å². The van der Waals surface area contributed by atoms with Crippen molar-refractivity contribution in [2.24, 2.45) is 0 Å². The Morgan fingerprint density at radius 2 is 0.852 bits per heavy atom. The Morgan fingerprint density at radius 3 is 1.39 bits per heavy atom. The number of carbonyl (C=O) groups excluding carboxylic acids is 3. The van der Waals surface area contributed by atoms with Gasteiger partial charge in [0.25, 0.3) is 0 Å². The van der Waals surface area contributed by atoms with Crippen LogP contribution in [-0.4, -0.2) is 111 Å². The molecule has 1 saturated heterocycles. The van der Waals surface area contributed by atoms with Gasteiger partial charge in [-0.1, -0.05) is 162 Å². The first-order chi connectivity index (χ1) is 29.9. The molecule has 0 spiro atoms. The zero-order valence-electron chi connectivity index (χ0n) is 41.0. The molecule has 0 aromatic heterocycles. The Hall–Kier alpha value is -1.71. The van der Waals surface area contributed by atoms with E-state index in [0.29, 0.717) is 32.5 Å². The molecule has 0 N–H and O–H groups in total. The van der Waals surface area contributed by atoms with Crippen LogP contribution >= 0.6 is 0 Å². The molecule has 1 aliphatic rings. The number of esters is 3. The predicted molar refractivity (Wildman–Crippen MR) is 256 cm³/mol. The molecule has 0 unspecified atom stereocenters. The maximum atomic E-state index is 12.9. The molecule has 0 aromatic carbocycles. The summed E-state index contributed by atoms with van der Waals surface area (Å²) in [5.41, 5.74) is 0. The fourth-order valence-electron chi connectivity index (χ4n) is 8.42. The van der Waals surface area contributed by atoms with Gasteiger partial charge in [-0.05, 0) is 77.9 Å². The lowest BCUT2D eigenvalue weighted by atomic mass is 10.0. The number of unbranched alkanes of at least 4 members (excludes halogenated alkanes) is 24. The quantitative estimate of drug-likeness (QED) is 0.0337. The number of nitrogens with zero attached hydrogens (tertiary/aromatic N) is 3. The number of piperazine rings is 1. The van der Waals surface area contributed by atoms with Crippen LogP contribution in [0.4, 0.5) is 0 Å². The highest BCUT2D eigenvalue weighted by Crippen LogP contribution is 2.19. The summed E-state index contributed by atoms with van der Waals surface area (Å²) in [6.45, 7) is 15.3. The molecule has 1 heterocycles. The first-order valence-electron chi connectivity index (χ1n) is 26.5. The molecule has 0 radical (unpaired) electrons. The van der Waals surface area contributed by atoms with Crippen LogP contribution in [0.1, 0.15) is 239 Å². The Kier molecular flexibility index (Phi) is 40.9. The second-order valence-electron chi connectivity index (χ2n) is 18.6. The molecule has 0 aliphatic carbocycles. The first-order valence-corrected chi connectivity index (χ1v) is 26.5. The van der Waals surface area contributed by atoms with Crippen molar-refractivity contribution >= 4 is 17.9 Å². The summed E-state index contributed by atoms with van der Waals surface area (Å²) >= 11 is 0. The summed E-state index contributed by atoms with van der Waals surface area (Å²) in [5, 5.41) is 0. The van der Waals surface area contributed by atoms with Crippen LogP contribution in [0.15, 0.2) is 0 Å². The maximum Gasteiger partial charge on any atom is 0.307 e. The van der Waals surface area contributed by atoms with Crippen molar-refractivity contribution in [1.29, 1.82) is 0 Å². The standard InChI is InChI=1S/C52H101N3O6/c1-5-8-11-14-17-18-19-25-33-47-59-50(56)36-30-26-32-40-54(46-48-60-51(57)38-41-55-44-42-53(4)43-45-55)39-31-24-20-23-29-37-52(58)61-49(34-27-21-15-12-9-6-2)35-28-22-16-13-10-7-3/h49H,5-48H2,1-4H3. The van der Waals surface area contributed by atoms with Gasteiger partial charge in [-0.2, -0.15) is 0 Å². The van der Waals surface area contributed by atoms with Gasteiger partial charge in [-0.3, -0.25) is 19.3 Å². The number of hydrogen-bond donors (Lipinski definition) is 0. The third kappa shape index (κ3) is 38.5. The van der Waals surface area contributed by atoms with Gasteiger partial charge in [0.2, 0.25) is 0 Å². The van der Waals surface area contributed by atoms with E-state index in [2.05, 4.69) is 42.5 Å². The Balaban J connectivity index is 2.37. The highest BCUT2D eigenvalue weighted by atomic mass is 16.5. The lowest BCUT2D eigenvalue weighted by molar-refractivity contribution is -0.150. The van der Waals surface area contributed by atoms with Gasteiger partial charge in [-0.15, -0.1) is 0 Å². The van der Waals surface area contributed by atoms with Gasteiger partial charge in [-0.25, -0.2) is 0 Å². The molecule has 0 atom stereocenters. The summed E-state index contributed by atoms with van der Waals surface area (Å²) in [5.74, 6) is -0.165. The highest BCUT2D eigenvalue weighted by Gasteiger charge is 2.17. The minimum absolute atomic E-state index is 0.00159. The molecule has 1 aliphatic heterocycles. The number of rotatable bonds is 45. The van der Waals surface area contributed by atoms with Gasteiger partial charge >= 0.3 is 17.9 Å². The summed E-state index contributed by atoms with van der Waals surface area (Å²) in [6, 6.07) is 0. The van der Waals surface area contributed by atoms with E-state index >= 15 is 0 Å². The van der Waals surface area contributed by atoms with Gasteiger partial charge in [0, 0.05) is 52.1 Å². The van der Waals surface area contributed by atoms with Gasteiger partial charge < -0.3 is 24.0 Å². The van der Waals surface area contributed by atoms with Crippen molar-refractivity contribution in [2.75, 3.05) is 72.6 Å².